The summed E-state index contributed by atoms with van der Waals surface area (Å²) in [6, 6.07) is 73.9. The van der Waals surface area contributed by atoms with Gasteiger partial charge in [0.05, 0.1) is 33.3 Å². The average Bonchev–Trinajstić information content (AvgIpc) is 3.81. The van der Waals surface area contributed by atoms with Crippen molar-refractivity contribution in [3.8, 4) is 45.1 Å². The van der Waals surface area contributed by atoms with Crippen LogP contribution in [-0.2, 0) is 0 Å². The minimum Gasteiger partial charge on any atom is -0.309 e. The summed E-state index contributed by atoms with van der Waals surface area (Å²) in [5, 5.41) is 8.28. The molecule has 0 aliphatic carbocycles. The van der Waals surface area contributed by atoms with E-state index in [0.29, 0.717) is 0 Å². The van der Waals surface area contributed by atoms with E-state index >= 15 is 0 Å². The van der Waals surface area contributed by atoms with Gasteiger partial charge in [-0.15, -0.1) is 0 Å². The SMILES string of the molecule is c1ccc(-c2nc(-c3ccc(-n4c5ccccc5c5ccc(-c6ccc7c(c6)c6ccccc6n7-c6ccccc6)cc54)cc3)c3ccc4ccccc4c3n2)cc1. The molecule has 0 atom stereocenters. The van der Waals surface area contributed by atoms with E-state index in [1.54, 1.807) is 0 Å². The highest BCUT2D eigenvalue weighted by Gasteiger charge is 2.18. The molecule has 0 fully saturated rings. The zero-order chi connectivity index (χ0) is 38.2. The lowest BCUT2D eigenvalue weighted by atomic mass is 10.0. The van der Waals surface area contributed by atoms with E-state index in [4.69, 9.17) is 9.97 Å². The molecule has 3 heterocycles. The topological polar surface area (TPSA) is 35.6 Å². The fourth-order valence-corrected chi connectivity index (χ4v) is 9.00. The van der Waals surface area contributed by atoms with Gasteiger partial charge in [-0.3, -0.25) is 0 Å². The van der Waals surface area contributed by atoms with Gasteiger partial charge in [0, 0.05) is 54.8 Å². The molecule has 3 aromatic heterocycles. The van der Waals surface area contributed by atoms with Gasteiger partial charge < -0.3 is 9.13 Å². The van der Waals surface area contributed by atoms with Gasteiger partial charge in [0.25, 0.3) is 0 Å². The number of benzene rings is 9. The highest BCUT2D eigenvalue weighted by atomic mass is 15.0. The Bertz CT molecular complexity index is 3540. The van der Waals surface area contributed by atoms with Crippen LogP contribution >= 0.6 is 0 Å². The van der Waals surface area contributed by atoms with Crippen molar-refractivity contribution in [2.75, 3.05) is 0 Å². The third-order valence-corrected chi connectivity index (χ3v) is 11.7. The van der Waals surface area contributed by atoms with Crippen molar-refractivity contribution in [1.29, 1.82) is 0 Å². The highest BCUT2D eigenvalue weighted by Crippen LogP contribution is 2.39. The molecule has 0 saturated heterocycles. The smallest absolute Gasteiger partial charge is 0.160 e. The molecule has 12 aromatic rings. The van der Waals surface area contributed by atoms with E-state index < -0.39 is 0 Å². The van der Waals surface area contributed by atoms with E-state index in [9.17, 15) is 0 Å². The monoisotopic (exact) mass is 738 g/mol. The number of hydrogen-bond donors (Lipinski definition) is 0. The molecule has 9 aromatic carbocycles. The number of nitrogens with zero attached hydrogens (tertiary/aromatic N) is 4. The molecule has 0 amide bonds. The van der Waals surface area contributed by atoms with Crippen molar-refractivity contribution in [1.82, 2.24) is 19.1 Å². The van der Waals surface area contributed by atoms with Crippen molar-refractivity contribution in [2.45, 2.75) is 0 Å². The fraction of sp³-hybridized carbons (Fsp3) is 0. The van der Waals surface area contributed by atoms with Crippen molar-refractivity contribution in [3.63, 3.8) is 0 Å². The third-order valence-electron chi connectivity index (χ3n) is 11.7. The van der Waals surface area contributed by atoms with E-state index in [-0.39, 0.29) is 0 Å². The van der Waals surface area contributed by atoms with Crippen LogP contribution in [0, 0.1) is 0 Å². The summed E-state index contributed by atoms with van der Waals surface area (Å²) in [7, 11) is 0. The van der Waals surface area contributed by atoms with Crippen LogP contribution in [0.3, 0.4) is 0 Å². The van der Waals surface area contributed by atoms with E-state index in [1.807, 2.05) is 18.2 Å². The molecule has 12 rings (SSSR count). The van der Waals surface area contributed by atoms with E-state index in [1.165, 1.54) is 60.1 Å². The number of para-hydroxylation sites is 3. The Kier molecular flexibility index (Phi) is 7.20. The Morgan fingerprint density at radius 3 is 1.60 bits per heavy atom. The van der Waals surface area contributed by atoms with Gasteiger partial charge in [-0.05, 0) is 77.2 Å². The summed E-state index contributed by atoms with van der Waals surface area (Å²) in [5.74, 6) is 0.723. The van der Waals surface area contributed by atoms with Crippen LogP contribution in [0.2, 0.25) is 0 Å². The summed E-state index contributed by atoms with van der Waals surface area (Å²) in [5.41, 5.74) is 13.3. The maximum Gasteiger partial charge on any atom is 0.160 e. The normalized spacial score (nSPS) is 11.8. The summed E-state index contributed by atoms with van der Waals surface area (Å²) in [6.07, 6.45) is 0. The fourth-order valence-electron chi connectivity index (χ4n) is 9.00. The van der Waals surface area contributed by atoms with Gasteiger partial charge in [0.2, 0.25) is 0 Å². The molecule has 0 aliphatic heterocycles. The number of fused-ring (bicyclic) bond motifs is 9. The van der Waals surface area contributed by atoms with Crippen LogP contribution in [0.5, 0.6) is 0 Å². The zero-order valence-corrected chi connectivity index (χ0v) is 31.4. The predicted molar refractivity (Wildman–Crippen MR) is 242 cm³/mol. The predicted octanol–water partition coefficient (Wildman–Crippen LogP) is 14.0. The van der Waals surface area contributed by atoms with Crippen LogP contribution in [-0.4, -0.2) is 19.1 Å². The van der Waals surface area contributed by atoms with Gasteiger partial charge in [0.1, 0.15) is 0 Å². The third kappa shape index (κ3) is 5.02. The zero-order valence-electron chi connectivity index (χ0n) is 31.4. The van der Waals surface area contributed by atoms with Crippen molar-refractivity contribution in [2.24, 2.45) is 0 Å². The van der Waals surface area contributed by atoms with Gasteiger partial charge in [-0.2, -0.15) is 0 Å². The highest BCUT2D eigenvalue weighted by molar-refractivity contribution is 6.13. The molecule has 270 valence electrons. The number of aromatic nitrogens is 4. The molecule has 0 aliphatic rings. The molecule has 0 unspecified atom stereocenters. The Labute approximate surface area is 334 Å². The molecule has 58 heavy (non-hydrogen) atoms. The number of hydrogen-bond acceptors (Lipinski definition) is 2. The second-order valence-electron chi connectivity index (χ2n) is 15.0. The summed E-state index contributed by atoms with van der Waals surface area (Å²) < 4.78 is 4.77. The molecule has 0 saturated carbocycles. The molecule has 0 bridgehead atoms. The van der Waals surface area contributed by atoms with E-state index in [0.717, 1.165) is 50.3 Å². The van der Waals surface area contributed by atoms with Gasteiger partial charge in [0.15, 0.2) is 5.82 Å². The molecular weight excluding hydrogens is 705 g/mol. The molecule has 4 heteroatoms. The van der Waals surface area contributed by atoms with Gasteiger partial charge in [-0.1, -0.05) is 146 Å². The molecular formula is C54H34N4. The van der Waals surface area contributed by atoms with Crippen molar-refractivity contribution in [3.05, 3.63) is 206 Å². The first kappa shape index (κ1) is 32.4. The van der Waals surface area contributed by atoms with Crippen molar-refractivity contribution < 1.29 is 0 Å². The van der Waals surface area contributed by atoms with Gasteiger partial charge in [-0.25, -0.2) is 9.97 Å². The second-order valence-corrected chi connectivity index (χ2v) is 15.0. The van der Waals surface area contributed by atoms with Gasteiger partial charge >= 0.3 is 0 Å². The quantitative estimate of drug-likeness (QED) is 0.165. The maximum atomic E-state index is 5.23. The summed E-state index contributed by atoms with van der Waals surface area (Å²) >= 11 is 0. The second kappa shape index (κ2) is 12.9. The lowest BCUT2D eigenvalue weighted by Gasteiger charge is -2.13. The Hall–Kier alpha value is -7.82. The largest absolute Gasteiger partial charge is 0.309 e. The van der Waals surface area contributed by atoms with E-state index in [2.05, 4.69) is 197 Å². The standard InChI is InChI=1S/C54H34N4/c1-3-14-37(15-4-1)54-55-52(46-31-25-35-13-7-8-18-42(35)53(46)56-54)36-23-28-41(29-24-36)58-48-21-11-9-19-43(48)45-30-26-39(34-51(45)58)38-27-32-50-47(33-38)44-20-10-12-22-49(44)57(50)40-16-5-2-6-17-40/h1-34H. The van der Waals surface area contributed by atoms with Crippen LogP contribution in [0.1, 0.15) is 0 Å². The van der Waals surface area contributed by atoms with Crippen molar-refractivity contribution >= 4 is 65.3 Å². The first-order valence-electron chi connectivity index (χ1n) is 19.7. The Balaban J connectivity index is 1.01. The summed E-state index contributed by atoms with van der Waals surface area (Å²) in [4.78, 5) is 10.4. The lowest BCUT2D eigenvalue weighted by Crippen LogP contribution is -1.97. The summed E-state index contributed by atoms with van der Waals surface area (Å²) in [6.45, 7) is 0. The first-order valence-corrected chi connectivity index (χ1v) is 19.7. The maximum absolute atomic E-state index is 5.23. The first-order chi connectivity index (χ1) is 28.8. The average molecular weight is 739 g/mol. The lowest BCUT2D eigenvalue weighted by molar-refractivity contribution is 1.18. The van der Waals surface area contributed by atoms with Crippen LogP contribution in [0.15, 0.2) is 206 Å². The minimum absolute atomic E-state index is 0.723. The number of rotatable bonds is 5. The molecule has 4 nitrogen and oxygen atoms in total. The van der Waals surface area contributed by atoms with Crippen LogP contribution in [0.25, 0.3) is 110 Å². The molecule has 0 radical (unpaired) electrons. The molecule has 0 N–H and O–H groups in total. The van der Waals surface area contributed by atoms with Crippen LogP contribution < -0.4 is 0 Å². The molecule has 0 spiro atoms. The Morgan fingerprint density at radius 2 is 0.828 bits per heavy atom. The minimum atomic E-state index is 0.723. The van der Waals surface area contributed by atoms with Crippen LogP contribution in [0.4, 0.5) is 0 Å². The Morgan fingerprint density at radius 1 is 0.293 bits per heavy atom.